The zero-order chi connectivity index (χ0) is 22.5. The largest absolute Gasteiger partial charge is 0.462 e. The number of ether oxygens (including phenoxy) is 1. The van der Waals surface area contributed by atoms with Gasteiger partial charge in [-0.3, -0.25) is 9.59 Å². The van der Waals surface area contributed by atoms with Crippen molar-refractivity contribution in [3.63, 3.8) is 0 Å². The lowest BCUT2D eigenvalue weighted by molar-refractivity contribution is -0.187. The van der Waals surface area contributed by atoms with E-state index in [0.717, 1.165) is 38.5 Å². The molecule has 0 bridgehead atoms. The second-order valence-corrected chi connectivity index (χ2v) is 11.3. The van der Waals surface area contributed by atoms with Crippen molar-refractivity contribution in [2.24, 2.45) is 23.2 Å². The second kappa shape index (κ2) is 8.01. The Kier molecular flexibility index (Phi) is 5.42. The van der Waals surface area contributed by atoms with Crippen molar-refractivity contribution in [3.8, 4) is 0 Å². The number of rotatable bonds is 4. The molecule has 0 amide bonds. The van der Waals surface area contributed by atoms with Gasteiger partial charge in [0.1, 0.15) is 11.9 Å². The minimum Gasteiger partial charge on any atom is -0.462 e. The third-order valence-corrected chi connectivity index (χ3v) is 9.12. The molecule has 0 N–H and O–H groups in total. The van der Waals surface area contributed by atoms with E-state index < -0.39 is 5.41 Å². The predicted octanol–water partition coefficient (Wildman–Crippen LogP) is 6.61. The fourth-order valence-electron chi connectivity index (χ4n) is 6.85. The first-order chi connectivity index (χ1) is 15.3. The van der Waals surface area contributed by atoms with Crippen molar-refractivity contribution >= 4 is 22.5 Å². The van der Waals surface area contributed by atoms with E-state index >= 15 is 0 Å². The van der Waals surface area contributed by atoms with E-state index in [4.69, 9.17) is 4.74 Å². The van der Waals surface area contributed by atoms with Gasteiger partial charge in [0, 0.05) is 18.3 Å². The third-order valence-electron chi connectivity index (χ3n) is 9.12. The Morgan fingerprint density at radius 3 is 2.56 bits per heavy atom. The number of esters is 1. The fraction of sp³-hybridized carbons (Fsp3) is 0.586. The zero-order valence-corrected chi connectivity index (χ0v) is 19.7. The lowest BCUT2D eigenvalue weighted by Gasteiger charge is -2.51. The van der Waals surface area contributed by atoms with Crippen LogP contribution in [0.1, 0.15) is 77.7 Å². The zero-order valence-electron chi connectivity index (χ0n) is 19.7. The van der Waals surface area contributed by atoms with Gasteiger partial charge in [0.15, 0.2) is 0 Å². The van der Waals surface area contributed by atoms with E-state index in [0.29, 0.717) is 12.3 Å². The van der Waals surface area contributed by atoms with Crippen LogP contribution in [0, 0.1) is 23.2 Å². The van der Waals surface area contributed by atoms with Crippen molar-refractivity contribution in [1.29, 1.82) is 0 Å². The summed E-state index contributed by atoms with van der Waals surface area (Å²) in [5.74, 6) is 0.943. The SMILES string of the molecule is C[C@@H]1CC[C@@H](C(C)(C)c2ccc3ccccc3c2)[C@H](OC(=O)[C@@]23CCCC(=O)[C@H]2CC3)C1. The highest BCUT2D eigenvalue weighted by Gasteiger charge is 2.58. The molecule has 0 spiro atoms. The van der Waals surface area contributed by atoms with Crippen LogP contribution < -0.4 is 0 Å². The number of fused-ring (bicyclic) bond motifs is 2. The molecule has 0 heterocycles. The van der Waals surface area contributed by atoms with E-state index in [1.165, 1.54) is 22.8 Å². The standard InChI is InChI=1S/C29H36O3/c1-19-10-13-24(28(2,3)22-12-11-20-7-4-5-8-21(20)18-22)26(17-19)32-27(31)29-15-6-9-25(30)23(29)14-16-29/h4-5,7-8,11-12,18-19,23-24,26H,6,9-10,13-17H2,1-3H3/t19-,23-,24-,26-,29-/m1/s1. The van der Waals surface area contributed by atoms with E-state index in [1.807, 2.05) is 0 Å². The summed E-state index contributed by atoms with van der Waals surface area (Å²) < 4.78 is 6.39. The summed E-state index contributed by atoms with van der Waals surface area (Å²) in [6.45, 7) is 6.90. The summed E-state index contributed by atoms with van der Waals surface area (Å²) in [7, 11) is 0. The maximum atomic E-state index is 13.5. The minimum atomic E-state index is -0.520. The topological polar surface area (TPSA) is 43.4 Å². The number of carbonyl (C=O) groups excluding carboxylic acids is 2. The Bertz CT molecular complexity index is 1040. The van der Waals surface area contributed by atoms with Crippen molar-refractivity contribution in [3.05, 3.63) is 48.0 Å². The van der Waals surface area contributed by atoms with Crippen molar-refractivity contribution in [2.75, 3.05) is 0 Å². The first kappa shape index (κ1) is 21.7. The van der Waals surface area contributed by atoms with Crippen LogP contribution in [0.15, 0.2) is 42.5 Å². The van der Waals surface area contributed by atoms with Crippen LogP contribution in [-0.2, 0) is 19.7 Å². The number of carbonyl (C=O) groups is 2. The van der Waals surface area contributed by atoms with Crippen molar-refractivity contribution < 1.29 is 14.3 Å². The quantitative estimate of drug-likeness (QED) is 0.510. The number of Topliss-reactive ketones (excluding diaryl/α,β-unsaturated/α-hetero) is 1. The summed E-state index contributed by atoms with van der Waals surface area (Å²) in [5.41, 5.74) is 0.686. The minimum absolute atomic E-state index is 0.0830. The first-order valence-electron chi connectivity index (χ1n) is 12.5. The van der Waals surface area contributed by atoms with Gasteiger partial charge in [-0.2, -0.15) is 0 Å². The Balaban J connectivity index is 1.41. The maximum Gasteiger partial charge on any atom is 0.313 e. The third kappa shape index (κ3) is 3.49. The molecule has 0 aromatic heterocycles. The molecule has 32 heavy (non-hydrogen) atoms. The predicted molar refractivity (Wildman–Crippen MR) is 127 cm³/mol. The molecular formula is C29H36O3. The molecule has 0 saturated heterocycles. The summed E-state index contributed by atoms with van der Waals surface area (Å²) >= 11 is 0. The molecule has 3 aliphatic rings. The van der Waals surface area contributed by atoms with Crippen LogP contribution >= 0.6 is 0 Å². The molecular weight excluding hydrogens is 396 g/mol. The van der Waals surface area contributed by atoms with Gasteiger partial charge in [0.25, 0.3) is 0 Å². The van der Waals surface area contributed by atoms with Gasteiger partial charge in [-0.1, -0.05) is 69.7 Å². The van der Waals surface area contributed by atoms with E-state index in [9.17, 15) is 9.59 Å². The highest BCUT2D eigenvalue weighted by atomic mass is 16.5. The average molecular weight is 433 g/mol. The van der Waals surface area contributed by atoms with Crippen LogP contribution in [-0.4, -0.2) is 17.9 Å². The highest BCUT2D eigenvalue weighted by Crippen LogP contribution is 2.55. The van der Waals surface area contributed by atoms with E-state index in [-0.39, 0.29) is 35.1 Å². The van der Waals surface area contributed by atoms with Gasteiger partial charge in [0.05, 0.1) is 5.41 Å². The molecule has 3 fully saturated rings. The van der Waals surface area contributed by atoms with Gasteiger partial charge in [-0.25, -0.2) is 0 Å². The van der Waals surface area contributed by atoms with Crippen molar-refractivity contribution in [2.45, 2.75) is 83.7 Å². The summed E-state index contributed by atoms with van der Waals surface area (Å²) in [4.78, 5) is 25.9. The average Bonchev–Trinajstić information content (AvgIpc) is 2.74. The lowest BCUT2D eigenvalue weighted by atomic mass is 9.53. The number of ketones is 1. The Labute approximate surface area is 191 Å². The lowest BCUT2D eigenvalue weighted by Crippen LogP contribution is -2.55. The van der Waals surface area contributed by atoms with Gasteiger partial charge < -0.3 is 4.74 Å². The molecule has 2 aromatic rings. The van der Waals surface area contributed by atoms with Crippen LogP contribution in [0.5, 0.6) is 0 Å². The Hall–Kier alpha value is -2.16. The molecule has 0 aliphatic heterocycles. The van der Waals surface area contributed by atoms with Crippen molar-refractivity contribution in [1.82, 2.24) is 0 Å². The summed E-state index contributed by atoms with van der Waals surface area (Å²) in [6.07, 6.45) is 7.04. The van der Waals surface area contributed by atoms with Crippen LogP contribution in [0.3, 0.4) is 0 Å². The summed E-state index contributed by atoms with van der Waals surface area (Å²) in [6, 6.07) is 15.3. The molecule has 3 nitrogen and oxygen atoms in total. The molecule has 5 rings (SSSR count). The van der Waals surface area contributed by atoms with Crippen LogP contribution in [0.4, 0.5) is 0 Å². The molecule has 5 atom stereocenters. The van der Waals surface area contributed by atoms with Gasteiger partial charge in [0.2, 0.25) is 0 Å². The van der Waals surface area contributed by atoms with Gasteiger partial charge in [-0.05, 0) is 66.2 Å². The van der Waals surface area contributed by atoms with Crippen LogP contribution in [0.25, 0.3) is 10.8 Å². The summed E-state index contributed by atoms with van der Waals surface area (Å²) in [5, 5.41) is 2.51. The Morgan fingerprint density at radius 2 is 1.81 bits per heavy atom. The molecule has 3 saturated carbocycles. The van der Waals surface area contributed by atoms with E-state index in [2.05, 4.69) is 63.2 Å². The fourth-order valence-corrected chi connectivity index (χ4v) is 6.85. The van der Waals surface area contributed by atoms with E-state index in [1.54, 1.807) is 0 Å². The normalized spacial score (nSPS) is 32.8. The van der Waals surface area contributed by atoms with Gasteiger partial charge in [-0.15, -0.1) is 0 Å². The number of hydrogen-bond donors (Lipinski definition) is 0. The smallest absolute Gasteiger partial charge is 0.313 e. The number of hydrogen-bond acceptors (Lipinski definition) is 3. The first-order valence-corrected chi connectivity index (χ1v) is 12.5. The van der Waals surface area contributed by atoms with Crippen LogP contribution in [0.2, 0.25) is 0 Å². The maximum absolute atomic E-state index is 13.5. The second-order valence-electron chi connectivity index (χ2n) is 11.3. The van der Waals surface area contributed by atoms with Gasteiger partial charge >= 0.3 is 5.97 Å². The Morgan fingerprint density at radius 1 is 1.03 bits per heavy atom. The molecule has 2 aromatic carbocycles. The highest BCUT2D eigenvalue weighted by molar-refractivity contribution is 5.92. The molecule has 170 valence electrons. The molecule has 3 aliphatic carbocycles. The monoisotopic (exact) mass is 432 g/mol. The molecule has 0 radical (unpaired) electrons. The number of benzene rings is 2. The molecule has 3 heteroatoms. The molecule has 0 unspecified atom stereocenters.